The van der Waals surface area contributed by atoms with E-state index in [2.05, 4.69) is 26.3 Å². The summed E-state index contributed by atoms with van der Waals surface area (Å²) in [6.07, 6.45) is 1.41. The Hall–Kier alpha value is -2.22. The maximum atomic E-state index is 11.9. The smallest absolute Gasteiger partial charge is 0.358 e. The average Bonchev–Trinajstić information content (AvgIpc) is 2.80. The van der Waals surface area contributed by atoms with Crippen molar-refractivity contribution >= 4 is 27.7 Å². The highest BCUT2D eigenvalue weighted by molar-refractivity contribution is 9.10. The summed E-state index contributed by atoms with van der Waals surface area (Å²) in [5.74, 6) is -0.574. The molecule has 8 heteroatoms. The molecule has 0 bridgehead atoms. The van der Waals surface area contributed by atoms with Crippen LogP contribution < -0.4 is 5.32 Å². The van der Waals surface area contributed by atoms with Crippen LogP contribution in [0.15, 0.2) is 41.0 Å². The van der Waals surface area contributed by atoms with E-state index in [1.165, 1.54) is 10.9 Å². The van der Waals surface area contributed by atoms with E-state index >= 15 is 0 Å². The molecule has 2 aromatic rings. The predicted molar refractivity (Wildman–Crippen MR) is 79.6 cm³/mol. The lowest BCUT2D eigenvalue weighted by Gasteiger charge is -2.13. The Morgan fingerprint density at radius 2 is 2.14 bits per heavy atom. The first-order chi connectivity index (χ1) is 9.97. The summed E-state index contributed by atoms with van der Waals surface area (Å²) >= 11 is 3.04. The molecule has 0 radical (unpaired) electrons. The molecular weight excluding hydrogens is 340 g/mol. The first-order valence-corrected chi connectivity index (χ1v) is 6.98. The van der Waals surface area contributed by atoms with Crippen LogP contribution in [0.5, 0.6) is 0 Å². The molecule has 1 atom stereocenters. The molecule has 0 saturated heterocycles. The number of aromatic nitrogens is 2. The molecule has 1 N–H and O–H groups in total. The first-order valence-electron chi connectivity index (χ1n) is 6.19. The summed E-state index contributed by atoms with van der Waals surface area (Å²) in [4.78, 5) is 22.0. The van der Waals surface area contributed by atoms with Gasteiger partial charge in [-0.3, -0.25) is 4.79 Å². The third-order valence-corrected chi connectivity index (χ3v) is 3.41. The van der Waals surface area contributed by atoms with Crippen LogP contribution in [0.4, 0.5) is 5.82 Å². The van der Waals surface area contributed by atoms with Crippen molar-refractivity contribution in [3.63, 3.8) is 0 Å². The maximum absolute atomic E-state index is 11.9. The van der Waals surface area contributed by atoms with Crippen molar-refractivity contribution in [2.24, 2.45) is 0 Å². The summed E-state index contributed by atoms with van der Waals surface area (Å²) in [6.45, 7) is 1.79. The van der Waals surface area contributed by atoms with Crippen LogP contribution in [0.25, 0.3) is 0 Å². The van der Waals surface area contributed by atoms with Crippen molar-refractivity contribution in [1.82, 2.24) is 15.1 Å². The average molecular weight is 353 g/mol. The van der Waals surface area contributed by atoms with Gasteiger partial charge in [0.05, 0.1) is 17.3 Å². The fourth-order valence-corrected chi connectivity index (χ4v) is 2.31. The molecule has 0 unspecified atom stereocenters. The van der Waals surface area contributed by atoms with Gasteiger partial charge >= 0.3 is 5.82 Å². The highest BCUT2D eigenvalue weighted by atomic mass is 79.9. The van der Waals surface area contributed by atoms with E-state index in [9.17, 15) is 14.9 Å². The Morgan fingerprint density at radius 1 is 1.48 bits per heavy atom. The van der Waals surface area contributed by atoms with Crippen LogP contribution in [-0.4, -0.2) is 20.6 Å². The maximum Gasteiger partial charge on any atom is 0.404 e. The van der Waals surface area contributed by atoms with Gasteiger partial charge in [-0.1, -0.05) is 30.3 Å². The Balaban J connectivity index is 1.99. The SMILES string of the molecule is C[C@@H](NC(=O)Cn1cc(Br)c([N+](=O)[O-])n1)c1ccccc1. The highest BCUT2D eigenvalue weighted by Gasteiger charge is 2.20. The minimum Gasteiger partial charge on any atom is -0.358 e. The van der Waals surface area contributed by atoms with E-state index in [1.807, 2.05) is 37.3 Å². The van der Waals surface area contributed by atoms with Crippen molar-refractivity contribution in [2.75, 3.05) is 0 Å². The molecule has 1 amide bonds. The number of amides is 1. The first kappa shape index (κ1) is 15.2. The topological polar surface area (TPSA) is 90.1 Å². The third-order valence-electron chi connectivity index (χ3n) is 2.85. The van der Waals surface area contributed by atoms with Gasteiger partial charge in [-0.15, -0.1) is 0 Å². The van der Waals surface area contributed by atoms with Gasteiger partial charge in [-0.25, -0.2) is 0 Å². The molecule has 7 nitrogen and oxygen atoms in total. The molecule has 2 rings (SSSR count). The van der Waals surface area contributed by atoms with Gasteiger partial charge in [-0.2, -0.15) is 4.68 Å². The van der Waals surface area contributed by atoms with Gasteiger partial charge in [0.1, 0.15) is 11.0 Å². The minimum absolute atomic E-state index is 0.0797. The lowest BCUT2D eigenvalue weighted by atomic mass is 10.1. The van der Waals surface area contributed by atoms with Gasteiger partial charge in [0.25, 0.3) is 0 Å². The summed E-state index contributed by atoms with van der Waals surface area (Å²) in [7, 11) is 0. The number of nitrogens with zero attached hydrogens (tertiary/aromatic N) is 3. The van der Waals surface area contributed by atoms with Crippen molar-refractivity contribution < 1.29 is 9.72 Å². The second kappa shape index (κ2) is 6.49. The Kier molecular flexibility index (Phi) is 4.69. The second-order valence-electron chi connectivity index (χ2n) is 4.46. The molecule has 0 spiro atoms. The molecule has 1 aromatic carbocycles. The molecule has 0 aliphatic heterocycles. The number of nitro groups is 1. The molecule has 110 valence electrons. The Bertz CT molecular complexity index is 657. The molecular formula is C13H13BrN4O3. The van der Waals surface area contributed by atoms with Crippen LogP contribution in [0.3, 0.4) is 0 Å². The zero-order valence-corrected chi connectivity index (χ0v) is 12.8. The summed E-state index contributed by atoms with van der Waals surface area (Å²) in [6, 6.07) is 9.38. The number of hydrogen-bond acceptors (Lipinski definition) is 4. The standard InChI is InChI=1S/C13H13BrN4O3/c1-9(10-5-3-2-4-6-10)15-12(19)8-17-7-11(14)13(16-17)18(20)21/h2-7,9H,8H2,1H3,(H,15,19)/t9-/m1/s1. The number of carbonyl (C=O) groups is 1. The molecule has 21 heavy (non-hydrogen) atoms. The van der Waals surface area contributed by atoms with Gasteiger partial charge < -0.3 is 15.4 Å². The fraction of sp³-hybridized carbons (Fsp3) is 0.231. The number of rotatable bonds is 5. The van der Waals surface area contributed by atoms with Gasteiger partial charge in [0.2, 0.25) is 5.91 Å². The second-order valence-corrected chi connectivity index (χ2v) is 5.31. The molecule has 0 aliphatic carbocycles. The lowest BCUT2D eigenvalue weighted by molar-refractivity contribution is -0.390. The number of carbonyl (C=O) groups excluding carboxylic acids is 1. The Labute approximate surface area is 129 Å². The van der Waals surface area contributed by atoms with Gasteiger partial charge in [0, 0.05) is 0 Å². The van der Waals surface area contributed by atoms with Crippen molar-refractivity contribution in [2.45, 2.75) is 19.5 Å². The van der Waals surface area contributed by atoms with Crippen molar-refractivity contribution in [1.29, 1.82) is 0 Å². The monoisotopic (exact) mass is 352 g/mol. The van der Waals surface area contributed by atoms with Crippen LogP contribution in [-0.2, 0) is 11.3 Å². The largest absolute Gasteiger partial charge is 0.404 e. The molecule has 0 fully saturated rings. The number of hydrogen-bond donors (Lipinski definition) is 1. The zero-order chi connectivity index (χ0) is 15.4. The third kappa shape index (κ3) is 3.88. The summed E-state index contributed by atoms with van der Waals surface area (Å²) < 4.78 is 1.48. The normalized spacial score (nSPS) is 11.9. The van der Waals surface area contributed by atoms with Crippen molar-refractivity contribution in [3.05, 3.63) is 56.7 Å². The number of nitrogens with one attached hydrogen (secondary N) is 1. The van der Waals surface area contributed by atoms with Crippen LogP contribution >= 0.6 is 15.9 Å². The van der Waals surface area contributed by atoms with Gasteiger partial charge in [-0.05, 0) is 33.3 Å². The van der Waals surface area contributed by atoms with Crippen LogP contribution in [0, 0.1) is 10.1 Å². The fourth-order valence-electron chi connectivity index (χ4n) is 1.85. The number of benzene rings is 1. The predicted octanol–water partition coefficient (Wildman–Crippen LogP) is 2.43. The Morgan fingerprint density at radius 3 is 2.71 bits per heavy atom. The van der Waals surface area contributed by atoms with E-state index < -0.39 is 4.92 Å². The lowest BCUT2D eigenvalue weighted by Crippen LogP contribution is -2.30. The van der Waals surface area contributed by atoms with E-state index in [0.717, 1.165) is 5.56 Å². The van der Waals surface area contributed by atoms with E-state index in [0.29, 0.717) is 0 Å². The minimum atomic E-state index is -0.606. The van der Waals surface area contributed by atoms with E-state index in [4.69, 9.17) is 0 Å². The van der Waals surface area contributed by atoms with E-state index in [-0.39, 0.29) is 28.8 Å². The molecule has 1 heterocycles. The molecule has 0 saturated carbocycles. The number of halogens is 1. The molecule has 0 aliphatic rings. The van der Waals surface area contributed by atoms with Gasteiger partial charge in [0.15, 0.2) is 0 Å². The van der Waals surface area contributed by atoms with Crippen LogP contribution in [0.2, 0.25) is 0 Å². The summed E-state index contributed by atoms with van der Waals surface area (Å²) in [5, 5.41) is 17.2. The quantitative estimate of drug-likeness (QED) is 0.660. The van der Waals surface area contributed by atoms with E-state index in [1.54, 1.807) is 0 Å². The molecule has 1 aromatic heterocycles. The summed E-state index contributed by atoms with van der Waals surface area (Å²) in [5.41, 5.74) is 0.985. The van der Waals surface area contributed by atoms with Crippen LogP contribution in [0.1, 0.15) is 18.5 Å². The van der Waals surface area contributed by atoms with Crippen molar-refractivity contribution in [3.8, 4) is 0 Å². The highest BCUT2D eigenvalue weighted by Crippen LogP contribution is 2.21. The zero-order valence-electron chi connectivity index (χ0n) is 11.2.